The quantitative estimate of drug-likeness (QED) is 0.125. The number of nitrogens with zero attached hydrogens (tertiary/aromatic N) is 5. The zero-order chi connectivity index (χ0) is 34.5. The zero-order valence-corrected chi connectivity index (χ0v) is 27.5. The monoisotopic (exact) mass is 688 g/mol. The van der Waals surface area contributed by atoms with Crippen LogP contribution in [0.1, 0.15) is 38.1 Å². The maximum atomic E-state index is 13.9. The second-order valence-corrected chi connectivity index (χ2v) is 12.2. The minimum Gasteiger partial charge on any atom is -0.459 e. The summed E-state index contributed by atoms with van der Waals surface area (Å²) in [6.07, 6.45) is -1.20. The van der Waals surface area contributed by atoms with Gasteiger partial charge >= 0.3 is 11.9 Å². The molecular weight excluding hydrogens is 656 g/mol. The van der Waals surface area contributed by atoms with Gasteiger partial charge in [0, 0.05) is 13.1 Å². The van der Waals surface area contributed by atoms with E-state index in [-0.39, 0.29) is 17.7 Å². The van der Waals surface area contributed by atoms with Crippen molar-refractivity contribution in [1.82, 2.24) is 24.4 Å². The van der Waals surface area contributed by atoms with E-state index in [0.717, 1.165) is 11.1 Å². The lowest BCUT2D eigenvalue weighted by atomic mass is 10.0. The van der Waals surface area contributed by atoms with E-state index in [2.05, 4.69) is 19.9 Å². The number of fused-ring (bicyclic) bond motifs is 1. The number of nitrogens with two attached hydrogens (primary N) is 1. The van der Waals surface area contributed by atoms with Gasteiger partial charge in [0.2, 0.25) is 5.95 Å². The fraction of sp³-hybridized carbons (Fsp3) is 0.184. The summed E-state index contributed by atoms with van der Waals surface area (Å²) >= 11 is 6.42. The van der Waals surface area contributed by atoms with E-state index in [9.17, 15) is 9.59 Å². The Labute approximate surface area is 293 Å². The van der Waals surface area contributed by atoms with Gasteiger partial charge in [-0.05, 0) is 35.4 Å². The van der Waals surface area contributed by atoms with Gasteiger partial charge in [-0.3, -0.25) is 9.47 Å². The molecule has 4 aromatic carbocycles. The number of carbonyl (C=O) groups is 2. The highest BCUT2D eigenvalue weighted by Gasteiger charge is 2.52. The van der Waals surface area contributed by atoms with Crippen molar-refractivity contribution in [2.45, 2.75) is 37.6 Å². The molecule has 1 aliphatic heterocycles. The van der Waals surface area contributed by atoms with Crippen molar-refractivity contribution in [2.75, 3.05) is 12.3 Å². The Kier molecular flexibility index (Phi) is 9.79. The highest BCUT2D eigenvalue weighted by Crippen LogP contribution is 2.39. The molecule has 7 rings (SSSR count). The van der Waals surface area contributed by atoms with Gasteiger partial charge in [-0.15, -0.1) is 0 Å². The van der Waals surface area contributed by atoms with Gasteiger partial charge in [0.15, 0.2) is 23.1 Å². The third-order valence-corrected chi connectivity index (χ3v) is 8.77. The number of hydrogen-bond donors (Lipinski definition) is 1. The fourth-order valence-corrected chi connectivity index (χ4v) is 6.44. The molecule has 0 saturated carbocycles. The Morgan fingerprint density at radius 2 is 1.32 bits per heavy atom. The second kappa shape index (κ2) is 14.9. The van der Waals surface area contributed by atoms with Crippen molar-refractivity contribution >= 4 is 40.7 Å². The Morgan fingerprint density at radius 3 is 1.90 bits per heavy atom. The lowest BCUT2D eigenvalue weighted by molar-refractivity contribution is -0.0598. The smallest absolute Gasteiger partial charge is 0.338 e. The molecule has 11 nitrogen and oxygen atoms in total. The number of carbonyl (C=O) groups excluding carboxylic acids is 2. The third-order valence-electron chi connectivity index (χ3n) is 8.50. The van der Waals surface area contributed by atoms with Gasteiger partial charge in [-0.25, -0.2) is 14.6 Å². The molecule has 0 spiro atoms. The molecule has 0 amide bonds. The zero-order valence-electron chi connectivity index (χ0n) is 26.8. The number of esters is 2. The molecule has 1 fully saturated rings. The molecule has 3 heterocycles. The second-order valence-electron chi connectivity index (χ2n) is 11.8. The summed E-state index contributed by atoms with van der Waals surface area (Å²) in [7, 11) is 0. The minimum atomic E-state index is -0.975. The van der Waals surface area contributed by atoms with Crippen LogP contribution in [-0.4, -0.2) is 61.2 Å². The largest absolute Gasteiger partial charge is 0.459 e. The molecule has 252 valence electrons. The maximum absolute atomic E-state index is 13.9. The van der Waals surface area contributed by atoms with Crippen LogP contribution in [0.2, 0.25) is 5.15 Å². The van der Waals surface area contributed by atoms with Crippen molar-refractivity contribution in [2.24, 2.45) is 0 Å². The van der Waals surface area contributed by atoms with E-state index < -0.39 is 36.4 Å². The number of aromatic nitrogens is 4. The molecule has 0 radical (unpaired) electrons. The number of imidazole rings is 1. The Morgan fingerprint density at radius 1 is 0.780 bits per heavy atom. The Balaban J connectivity index is 1.34. The predicted octanol–water partition coefficient (Wildman–Crippen LogP) is 6.11. The number of rotatable bonds is 11. The first-order chi connectivity index (χ1) is 24.4. The van der Waals surface area contributed by atoms with Crippen molar-refractivity contribution in [1.29, 1.82) is 0 Å². The molecule has 4 atom stereocenters. The average Bonchev–Trinajstić information content (AvgIpc) is 3.73. The molecule has 2 N–H and O–H groups in total. The number of anilines is 1. The van der Waals surface area contributed by atoms with Crippen LogP contribution in [-0.2, 0) is 27.3 Å². The number of benzene rings is 4. The maximum Gasteiger partial charge on any atom is 0.338 e. The van der Waals surface area contributed by atoms with Gasteiger partial charge in [-0.1, -0.05) is 109 Å². The van der Waals surface area contributed by atoms with E-state index in [1.165, 1.54) is 6.33 Å². The molecule has 1 aliphatic rings. The van der Waals surface area contributed by atoms with Crippen LogP contribution in [0.25, 0.3) is 11.2 Å². The summed E-state index contributed by atoms with van der Waals surface area (Å²) in [5.74, 6) is -1.11. The van der Waals surface area contributed by atoms with Gasteiger partial charge in [-0.2, -0.15) is 9.97 Å². The molecule has 12 heteroatoms. The lowest BCUT2D eigenvalue weighted by Crippen LogP contribution is -2.49. The van der Waals surface area contributed by atoms with E-state index in [4.69, 9.17) is 31.5 Å². The summed E-state index contributed by atoms with van der Waals surface area (Å²) in [6.45, 7) is 0.786. The summed E-state index contributed by atoms with van der Waals surface area (Å²) < 4.78 is 20.7. The van der Waals surface area contributed by atoms with Crippen LogP contribution in [0.5, 0.6) is 0 Å². The predicted molar refractivity (Wildman–Crippen MR) is 187 cm³/mol. The number of hydrogen-bond acceptors (Lipinski definition) is 10. The first-order valence-corrected chi connectivity index (χ1v) is 16.4. The topological polar surface area (TPSA) is 135 Å². The van der Waals surface area contributed by atoms with Gasteiger partial charge in [0.05, 0.1) is 23.5 Å². The van der Waals surface area contributed by atoms with E-state index in [1.807, 2.05) is 72.8 Å². The Bertz CT molecular complexity index is 2030. The molecule has 1 saturated heterocycles. The van der Waals surface area contributed by atoms with E-state index in [0.29, 0.717) is 35.4 Å². The highest BCUT2D eigenvalue weighted by atomic mass is 35.5. The van der Waals surface area contributed by atoms with Gasteiger partial charge in [0.25, 0.3) is 0 Å². The van der Waals surface area contributed by atoms with Crippen LogP contribution in [0.3, 0.4) is 0 Å². The van der Waals surface area contributed by atoms with Crippen molar-refractivity contribution < 1.29 is 23.8 Å². The highest BCUT2D eigenvalue weighted by molar-refractivity contribution is 6.33. The van der Waals surface area contributed by atoms with E-state index in [1.54, 1.807) is 53.1 Å². The number of nitrogen functional groups attached to an aromatic ring is 1. The van der Waals surface area contributed by atoms with E-state index >= 15 is 0 Å². The summed E-state index contributed by atoms with van der Waals surface area (Å²) in [4.78, 5) is 42.2. The number of halogens is 1. The summed E-state index contributed by atoms with van der Waals surface area (Å²) in [6, 6.07) is 36.8. The molecule has 6 aromatic rings. The van der Waals surface area contributed by atoms with Gasteiger partial charge in [0.1, 0.15) is 18.2 Å². The molecule has 0 aliphatic carbocycles. The number of ether oxygens (including phenoxy) is 3. The average molecular weight is 689 g/mol. The molecule has 0 bridgehead atoms. The van der Waals surface area contributed by atoms with Crippen LogP contribution in [0, 0.1) is 0 Å². The SMILES string of the molecule is Nc1nc(Cl)c2ncn([C@@H]3OC(COC(=O)c4ccccc4)C(N(Cc4ccccc4)Cc4ccccc4)C3OC(=O)c3ccccc3)c2n1. The van der Waals surface area contributed by atoms with Crippen LogP contribution < -0.4 is 5.73 Å². The molecule has 2 aromatic heterocycles. The van der Waals surface area contributed by atoms with Gasteiger partial charge < -0.3 is 19.9 Å². The van der Waals surface area contributed by atoms with Crippen LogP contribution in [0.15, 0.2) is 128 Å². The lowest BCUT2D eigenvalue weighted by Gasteiger charge is -2.35. The van der Waals surface area contributed by atoms with Crippen LogP contribution in [0.4, 0.5) is 5.95 Å². The minimum absolute atomic E-state index is 0.0558. The normalized spacial score (nSPS) is 18.7. The first kappa shape index (κ1) is 32.9. The summed E-state index contributed by atoms with van der Waals surface area (Å²) in [5, 5.41) is 0.0711. The fourth-order valence-electron chi connectivity index (χ4n) is 6.22. The van der Waals surface area contributed by atoms with Crippen molar-refractivity contribution in [3.05, 3.63) is 155 Å². The molecular formula is C38H33ClN6O5. The third kappa shape index (κ3) is 7.20. The first-order valence-electron chi connectivity index (χ1n) is 16.1. The standard InChI is InChI=1S/C38H33ClN6O5/c39-33-30-34(43-38(40)42-33)45(24-41-30)35-32(50-37(47)28-19-11-4-12-20-28)31(29(49-35)23-48-36(46)27-17-9-3-10-18-27)44(21-25-13-5-1-6-14-25)22-26-15-7-2-8-16-26/h1-20,24,29,31-32,35H,21-23H2,(H2,40,42,43)/t29?,31?,32?,35-/m1/s1. The van der Waals surface area contributed by atoms with Crippen molar-refractivity contribution in [3.63, 3.8) is 0 Å². The molecule has 3 unspecified atom stereocenters. The summed E-state index contributed by atoms with van der Waals surface area (Å²) in [5.41, 5.74) is 9.44. The van der Waals surface area contributed by atoms with Crippen molar-refractivity contribution in [3.8, 4) is 0 Å². The molecule has 50 heavy (non-hydrogen) atoms. The van der Waals surface area contributed by atoms with Crippen LogP contribution >= 0.6 is 11.6 Å². The Hall–Kier alpha value is -5.62.